The molecule has 29 heavy (non-hydrogen) atoms. The van der Waals surface area contributed by atoms with Crippen LogP contribution in [-0.2, 0) is 11.3 Å². The van der Waals surface area contributed by atoms with Crippen LogP contribution in [0.5, 0.6) is 0 Å². The molecule has 3 aromatic rings. The van der Waals surface area contributed by atoms with E-state index in [0.717, 1.165) is 55.2 Å². The third-order valence-electron chi connectivity index (χ3n) is 5.02. The fourth-order valence-electron chi connectivity index (χ4n) is 3.47. The number of piperazine rings is 1. The average Bonchev–Trinajstić information content (AvgIpc) is 3.20. The summed E-state index contributed by atoms with van der Waals surface area (Å²) in [5, 5.41) is 10.9. The molecule has 8 heteroatoms. The topological polar surface area (TPSA) is 77.2 Å². The van der Waals surface area contributed by atoms with Gasteiger partial charge in [0.1, 0.15) is 0 Å². The van der Waals surface area contributed by atoms with E-state index in [9.17, 15) is 4.79 Å². The zero-order valence-electron chi connectivity index (χ0n) is 16.0. The predicted molar refractivity (Wildman–Crippen MR) is 114 cm³/mol. The van der Waals surface area contributed by atoms with Crippen molar-refractivity contribution >= 4 is 23.2 Å². The number of H-pyrrole nitrogens is 1. The number of nitrogens with zero attached hydrogens (tertiary/aromatic N) is 4. The molecular weight excluding hydrogens is 388 g/mol. The van der Waals surface area contributed by atoms with Crippen LogP contribution in [-0.4, -0.2) is 63.6 Å². The van der Waals surface area contributed by atoms with Crippen molar-refractivity contribution in [1.82, 2.24) is 25.0 Å². The molecule has 1 fully saturated rings. The first kappa shape index (κ1) is 19.6. The lowest BCUT2D eigenvalue weighted by molar-refractivity contribution is -0.117. The molecule has 1 amide bonds. The van der Waals surface area contributed by atoms with Gasteiger partial charge < -0.3 is 5.32 Å². The lowest BCUT2D eigenvalue weighted by Gasteiger charge is -2.34. The van der Waals surface area contributed by atoms with Crippen LogP contribution in [0, 0.1) is 0 Å². The van der Waals surface area contributed by atoms with Gasteiger partial charge in [0.05, 0.1) is 18.4 Å². The third kappa shape index (κ3) is 5.20. The summed E-state index contributed by atoms with van der Waals surface area (Å²) in [6.07, 6.45) is 5.49. The summed E-state index contributed by atoms with van der Waals surface area (Å²) in [6.45, 7) is 4.74. The van der Waals surface area contributed by atoms with E-state index in [0.29, 0.717) is 11.6 Å². The van der Waals surface area contributed by atoms with E-state index in [-0.39, 0.29) is 5.91 Å². The maximum absolute atomic E-state index is 12.3. The van der Waals surface area contributed by atoms with Crippen molar-refractivity contribution in [3.63, 3.8) is 0 Å². The van der Waals surface area contributed by atoms with Crippen LogP contribution < -0.4 is 5.32 Å². The average molecular weight is 411 g/mol. The Kier molecular flexibility index (Phi) is 6.19. The number of amides is 1. The van der Waals surface area contributed by atoms with Crippen LogP contribution in [0.2, 0.25) is 5.02 Å². The van der Waals surface area contributed by atoms with Gasteiger partial charge in [-0.1, -0.05) is 11.6 Å². The highest BCUT2D eigenvalue weighted by Crippen LogP contribution is 2.21. The Balaban J connectivity index is 1.26. The minimum Gasteiger partial charge on any atom is -0.325 e. The van der Waals surface area contributed by atoms with Crippen LogP contribution in [0.1, 0.15) is 5.56 Å². The SMILES string of the molecule is O=C(CN1CCN(Cc2cn[nH]c2-c2cccnc2)CC1)Nc1ccc(Cl)cc1. The van der Waals surface area contributed by atoms with Crippen molar-refractivity contribution in [2.75, 3.05) is 38.0 Å². The normalized spacial score (nSPS) is 15.3. The molecule has 2 aromatic heterocycles. The van der Waals surface area contributed by atoms with Crippen molar-refractivity contribution in [2.24, 2.45) is 0 Å². The lowest BCUT2D eigenvalue weighted by atomic mass is 10.1. The van der Waals surface area contributed by atoms with E-state index in [1.165, 1.54) is 0 Å². The number of aromatic nitrogens is 3. The number of anilines is 1. The van der Waals surface area contributed by atoms with Gasteiger partial charge in [-0.25, -0.2) is 0 Å². The van der Waals surface area contributed by atoms with Crippen molar-refractivity contribution in [1.29, 1.82) is 0 Å². The summed E-state index contributed by atoms with van der Waals surface area (Å²) in [6, 6.07) is 11.1. The monoisotopic (exact) mass is 410 g/mol. The maximum Gasteiger partial charge on any atom is 0.238 e. The minimum absolute atomic E-state index is 0.00512. The highest BCUT2D eigenvalue weighted by atomic mass is 35.5. The van der Waals surface area contributed by atoms with E-state index in [1.807, 2.05) is 36.7 Å². The van der Waals surface area contributed by atoms with Gasteiger partial charge in [0.2, 0.25) is 5.91 Å². The highest BCUT2D eigenvalue weighted by molar-refractivity contribution is 6.30. The van der Waals surface area contributed by atoms with Crippen LogP contribution in [0.15, 0.2) is 55.0 Å². The first-order valence-corrected chi connectivity index (χ1v) is 9.98. The summed E-state index contributed by atoms with van der Waals surface area (Å²) < 4.78 is 0. The Labute approximate surface area is 174 Å². The molecule has 0 radical (unpaired) electrons. The molecule has 0 bridgehead atoms. The Hall–Kier alpha value is -2.74. The molecule has 0 saturated carbocycles. The van der Waals surface area contributed by atoms with Gasteiger partial charge in [0.25, 0.3) is 0 Å². The summed E-state index contributed by atoms with van der Waals surface area (Å²) in [5.74, 6) is -0.00512. The first-order valence-electron chi connectivity index (χ1n) is 9.60. The number of benzene rings is 1. The molecule has 1 saturated heterocycles. The number of carbonyl (C=O) groups is 1. The van der Waals surface area contributed by atoms with E-state index < -0.39 is 0 Å². The van der Waals surface area contributed by atoms with Gasteiger partial charge in [0.15, 0.2) is 0 Å². The standard InChI is InChI=1S/C21H23ClN6O/c22-18-3-5-19(6-4-18)25-20(29)15-28-10-8-27(9-11-28)14-17-13-24-26-21(17)16-2-1-7-23-12-16/h1-7,12-13H,8-11,14-15H2,(H,24,26)(H,25,29). The molecule has 0 atom stereocenters. The van der Waals surface area contributed by atoms with Gasteiger partial charge in [-0.05, 0) is 36.4 Å². The number of pyridine rings is 1. The van der Waals surface area contributed by atoms with Crippen LogP contribution in [0.4, 0.5) is 5.69 Å². The second-order valence-corrected chi connectivity index (χ2v) is 7.56. The Morgan fingerprint density at radius 2 is 1.83 bits per heavy atom. The zero-order valence-corrected chi connectivity index (χ0v) is 16.8. The summed E-state index contributed by atoms with van der Waals surface area (Å²) in [4.78, 5) is 21.0. The van der Waals surface area contributed by atoms with Gasteiger partial charge in [0, 0.05) is 67.0 Å². The van der Waals surface area contributed by atoms with E-state index >= 15 is 0 Å². The van der Waals surface area contributed by atoms with E-state index in [1.54, 1.807) is 18.3 Å². The zero-order chi connectivity index (χ0) is 20.1. The molecule has 3 heterocycles. The fourth-order valence-corrected chi connectivity index (χ4v) is 3.60. The number of aromatic amines is 1. The maximum atomic E-state index is 12.3. The Bertz CT molecular complexity index is 935. The smallest absolute Gasteiger partial charge is 0.238 e. The van der Waals surface area contributed by atoms with Crippen molar-refractivity contribution < 1.29 is 4.79 Å². The molecule has 0 unspecified atom stereocenters. The number of carbonyl (C=O) groups excluding carboxylic acids is 1. The summed E-state index contributed by atoms with van der Waals surface area (Å²) in [7, 11) is 0. The highest BCUT2D eigenvalue weighted by Gasteiger charge is 2.20. The summed E-state index contributed by atoms with van der Waals surface area (Å²) in [5.41, 5.74) is 3.98. The second kappa shape index (κ2) is 9.17. The molecular formula is C21H23ClN6O. The van der Waals surface area contributed by atoms with Gasteiger partial charge in [-0.2, -0.15) is 5.10 Å². The molecule has 150 valence electrons. The molecule has 0 spiro atoms. The second-order valence-electron chi connectivity index (χ2n) is 7.12. The molecule has 2 N–H and O–H groups in total. The Morgan fingerprint density at radius 1 is 1.07 bits per heavy atom. The van der Waals surface area contributed by atoms with Gasteiger partial charge in [-0.15, -0.1) is 0 Å². The molecule has 0 aliphatic carbocycles. The van der Waals surface area contributed by atoms with Crippen LogP contribution in [0.3, 0.4) is 0 Å². The number of rotatable bonds is 6. The molecule has 1 aromatic carbocycles. The number of nitrogens with one attached hydrogen (secondary N) is 2. The minimum atomic E-state index is -0.00512. The van der Waals surface area contributed by atoms with E-state index in [4.69, 9.17) is 11.6 Å². The number of halogens is 1. The third-order valence-corrected chi connectivity index (χ3v) is 5.27. The predicted octanol–water partition coefficient (Wildman–Crippen LogP) is 2.88. The van der Waals surface area contributed by atoms with Crippen LogP contribution >= 0.6 is 11.6 Å². The fraction of sp³-hybridized carbons (Fsp3) is 0.286. The first-order chi connectivity index (χ1) is 14.2. The number of hydrogen-bond acceptors (Lipinski definition) is 5. The lowest BCUT2D eigenvalue weighted by Crippen LogP contribution is -2.48. The van der Waals surface area contributed by atoms with Crippen LogP contribution in [0.25, 0.3) is 11.3 Å². The Morgan fingerprint density at radius 3 is 2.55 bits per heavy atom. The molecule has 1 aliphatic heterocycles. The molecule has 4 rings (SSSR count). The quantitative estimate of drug-likeness (QED) is 0.653. The van der Waals surface area contributed by atoms with Crippen molar-refractivity contribution in [2.45, 2.75) is 6.54 Å². The van der Waals surface area contributed by atoms with Crippen molar-refractivity contribution in [3.05, 3.63) is 65.6 Å². The molecule has 7 nitrogen and oxygen atoms in total. The molecule has 1 aliphatic rings. The van der Waals surface area contributed by atoms with E-state index in [2.05, 4.69) is 30.3 Å². The summed E-state index contributed by atoms with van der Waals surface area (Å²) >= 11 is 5.88. The van der Waals surface area contributed by atoms with Crippen molar-refractivity contribution in [3.8, 4) is 11.3 Å². The van der Waals surface area contributed by atoms with Gasteiger partial charge in [-0.3, -0.25) is 24.7 Å². The largest absolute Gasteiger partial charge is 0.325 e. The number of hydrogen-bond donors (Lipinski definition) is 2. The van der Waals surface area contributed by atoms with Gasteiger partial charge >= 0.3 is 0 Å².